The molecule has 0 aliphatic rings. The van der Waals surface area contributed by atoms with E-state index in [4.69, 9.17) is 0 Å². The Morgan fingerprint density at radius 1 is 1.38 bits per heavy atom. The van der Waals surface area contributed by atoms with E-state index < -0.39 is 0 Å². The van der Waals surface area contributed by atoms with E-state index in [-0.39, 0.29) is 5.91 Å². The molecule has 0 aliphatic carbocycles. The highest BCUT2D eigenvalue weighted by molar-refractivity contribution is 5.95. The molecule has 13 heavy (non-hydrogen) atoms. The number of rotatable bonds is 2. The van der Waals surface area contributed by atoms with Crippen LogP contribution in [0.5, 0.6) is 0 Å². The van der Waals surface area contributed by atoms with Crippen LogP contribution >= 0.6 is 0 Å². The first-order valence-electron chi connectivity index (χ1n) is 3.83. The highest BCUT2D eigenvalue weighted by Crippen LogP contribution is 2.00. The Morgan fingerprint density at radius 2 is 2.08 bits per heavy atom. The molecule has 0 atom stereocenters. The van der Waals surface area contributed by atoms with E-state index in [1.165, 1.54) is 6.08 Å². The maximum Gasteiger partial charge on any atom is 0.277 e. The zero-order valence-corrected chi connectivity index (χ0v) is 7.10. The predicted octanol–water partition coefficient (Wildman–Crippen LogP) is 2.08. The lowest BCUT2D eigenvalue weighted by Crippen LogP contribution is -1.83. The number of carbonyl (C=O) groups excluding carboxylic acids is 1. The molecule has 0 saturated carbocycles. The summed E-state index contributed by atoms with van der Waals surface area (Å²) in [6.07, 6.45) is 3.08. The highest BCUT2D eigenvalue weighted by atomic mass is 16.1. The first-order chi connectivity index (χ1) is 6.33. The fraction of sp³-hybridized carbons (Fsp3) is 0. The lowest BCUT2D eigenvalue weighted by atomic mass is 10.2. The summed E-state index contributed by atoms with van der Waals surface area (Å²) in [6.45, 7) is 3.21. The SMILES string of the molecule is C=C=NC(=O)/C=C/c1ccccc1. The molecule has 0 bridgehead atoms. The highest BCUT2D eigenvalue weighted by Gasteiger charge is 1.88. The van der Waals surface area contributed by atoms with Crippen LogP contribution in [-0.2, 0) is 4.79 Å². The van der Waals surface area contributed by atoms with Crippen LogP contribution in [0.3, 0.4) is 0 Å². The van der Waals surface area contributed by atoms with Gasteiger partial charge in [0.15, 0.2) is 0 Å². The normalized spacial score (nSPS) is 9.54. The molecule has 0 aliphatic heterocycles. The Hall–Kier alpha value is -1.92. The van der Waals surface area contributed by atoms with Crippen LogP contribution in [0.4, 0.5) is 0 Å². The van der Waals surface area contributed by atoms with Gasteiger partial charge in [0.2, 0.25) is 0 Å². The van der Waals surface area contributed by atoms with Crippen LogP contribution in [0.25, 0.3) is 6.08 Å². The van der Waals surface area contributed by atoms with Gasteiger partial charge < -0.3 is 0 Å². The van der Waals surface area contributed by atoms with Crippen molar-refractivity contribution in [2.24, 2.45) is 4.99 Å². The Morgan fingerprint density at radius 3 is 2.69 bits per heavy atom. The second-order valence-corrected chi connectivity index (χ2v) is 2.35. The smallest absolute Gasteiger partial charge is 0.267 e. The molecular weight excluding hydrogens is 162 g/mol. The standard InChI is InChI=1S/C11H9NO/c1-2-12-11(13)9-8-10-6-4-3-5-7-10/h3-9H,1H2/b9-8+. The van der Waals surface area contributed by atoms with Gasteiger partial charge in [-0.15, -0.1) is 0 Å². The van der Waals surface area contributed by atoms with Crippen molar-refractivity contribution in [1.82, 2.24) is 0 Å². The molecule has 0 fully saturated rings. The van der Waals surface area contributed by atoms with Crippen molar-refractivity contribution in [2.45, 2.75) is 0 Å². The summed E-state index contributed by atoms with van der Waals surface area (Å²) < 4.78 is 0. The van der Waals surface area contributed by atoms with Crippen molar-refractivity contribution in [3.8, 4) is 0 Å². The van der Waals surface area contributed by atoms with Gasteiger partial charge in [-0.3, -0.25) is 4.79 Å². The number of carbonyl (C=O) groups is 1. The molecule has 1 rings (SSSR count). The van der Waals surface area contributed by atoms with Gasteiger partial charge in [0.1, 0.15) is 0 Å². The zero-order valence-electron chi connectivity index (χ0n) is 7.10. The lowest BCUT2D eigenvalue weighted by Gasteiger charge is -1.88. The van der Waals surface area contributed by atoms with Crippen molar-refractivity contribution >= 4 is 17.9 Å². The average molecular weight is 171 g/mol. The summed E-state index contributed by atoms with van der Waals surface area (Å²) in [6, 6.07) is 9.53. The van der Waals surface area contributed by atoms with Gasteiger partial charge in [0, 0.05) is 6.08 Å². The molecule has 0 heterocycles. The average Bonchev–Trinajstić information content (AvgIpc) is 2.17. The van der Waals surface area contributed by atoms with E-state index >= 15 is 0 Å². The van der Waals surface area contributed by atoms with Crippen LogP contribution < -0.4 is 0 Å². The van der Waals surface area contributed by atoms with Crippen LogP contribution in [0.15, 0.2) is 48.0 Å². The summed E-state index contributed by atoms with van der Waals surface area (Å²) in [5.41, 5.74) is 0.968. The van der Waals surface area contributed by atoms with Crippen molar-refractivity contribution in [1.29, 1.82) is 0 Å². The van der Waals surface area contributed by atoms with Crippen LogP contribution in [0.1, 0.15) is 5.56 Å². The number of aliphatic imine (C=N–C) groups is 1. The first-order valence-corrected chi connectivity index (χ1v) is 3.83. The third kappa shape index (κ3) is 3.32. The van der Waals surface area contributed by atoms with E-state index in [0.717, 1.165) is 5.56 Å². The molecule has 0 N–H and O–H groups in total. The molecule has 1 amide bonds. The maximum atomic E-state index is 10.9. The monoisotopic (exact) mass is 171 g/mol. The Balaban J connectivity index is 2.69. The quantitative estimate of drug-likeness (QED) is 0.494. The summed E-state index contributed by atoms with van der Waals surface area (Å²) >= 11 is 0. The van der Waals surface area contributed by atoms with Crippen molar-refractivity contribution < 1.29 is 4.79 Å². The molecule has 2 heteroatoms. The number of hydrogen-bond donors (Lipinski definition) is 0. The molecule has 0 radical (unpaired) electrons. The minimum absolute atomic E-state index is 0.348. The largest absolute Gasteiger partial charge is 0.277 e. The Bertz CT molecular complexity index is 359. The molecule has 0 unspecified atom stereocenters. The fourth-order valence-electron chi connectivity index (χ4n) is 0.847. The topological polar surface area (TPSA) is 29.4 Å². The van der Waals surface area contributed by atoms with Gasteiger partial charge in [0.25, 0.3) is 5.91 Å². The predicted molar refractivity (Wildman–Crippen MR) is 53.5 cm³/mol. The molecule has 0 spiro atoms. The minimum Gasteiger partial charge on any atom is -0.267 e. The van der Waals surface area contributed by atoms with Crippen molar-refractivity contribution in [3.63, 3.8) is 0 Å². The van der Waals surface area contributed by atoms with E-state index in [0.29, 0.717) is 0 Å². The van der Waals surface area contributed by atoms with Gasteiger partial charge in [-0.05, 0) is 24.1 Å². The molecule has 2 nitrogen and oxygen atoms in total. The lowest BCUT2D eigenvalue weighted by molar-refractivity contribution is -0.113. The Kier molecular flexibility index (Phi) is 3.43. The maximum absolute atomic E-state index is 10.9. The van der Waals surface area contributed by atoms with Gasteiger partial charge in [-0.2, -0.15) is 4.99 Å². The van der Waals surface area contributed by atoms with Crippen LogP contribution in [0.2, 0.25) is 0 Å². The summed E-state index contributed by atoms with van der Waals surface area (Å²) in [4.78, 5) is 14.2. The van der Waals surface area contributed by atoms with E-state index in [1.807, 2.05) is 30.3 Å². The third-order valence-corrected chi connectivity index (χ3v) is 1.41. The van der Waals surface area contributed by atoms with Crippen molar-refractivity contribution in [2.75, 3.05) is 0 Å². The number of amides is 1. The number of nitrogens with zero attached hydrogens (tertiary/aromatic N) is 1. The van der Waals surface area contributed by atoms with Crippen molar-refractivity contribution in [3.05, 3.63) is 48.6 Å². The molecule has 64 valence electrons. The van der Waals surface area contributed by atoms with Gasteiger partial charge >= 0.3 is 0 Å². The molecule has 1 aromatic carbocycles. The molecular formula is C11H9NO. The van der Waals surface area contributed by atoms with E-state index in [1.54, 1.807) is 6.08 Å². The van der Waals surface area contributed by atoms with Gasteiger partial charge in [-0.1, -0.05) is 30.3 Å². The van der Waals surface area contributed by atoms with Crippen LogP contribution in [-0.4, -0.2) is 11.8 Å². The second kappa shape index (κ2) is 4.86. The van der Waals surface area contributed by atoms with Crippen LogP contribution in [0, 0.1) is 0 Å². The fourth-order valence-corrected chi connectivity index (χ4v) is 0.847. The Labute approximate surface area is 76.9 Å². The zero-order chi connectivity index (χ0) is 9.52. The minimum atomic E-state index is -0.348. The van der Waals surface area contributed by atoms with E-state index in [9.17, 15) is 4.79 Å². The second-order valence-electron chi connectivity index (χ2n) is 2.35. The molecule has 0 saturated heterocycles. The summed E-state index contributed by atoms with van der Waals surface area (Å²) in [7, 11) is 0. The number of hydrogen-bond acceptors (Lipinski definition) is 1. The van der Waals surface area contributed by atoms with Gasteiger partial charge in [-0.25, -0.2) is 0 Å². The number of benzene rings is 1. The van der Waals surface area contributed by atoms with E-state index in [2.05, 4.69) is 17.4 Å². The first kappa shape index (κ1) is 9.17. The third-order valence-electron chi connectivity index (χ3n) is 1.41. The molecule has 0 aromatic heterocycles. The summed E-state index contributed by atoms with van der Waals surface area (Å²) in [5, 5.41) is 0. The van der Waals surface area contributed by atoms with Gasteiger partial charge in [0.05, 0.1) is 0 Å². The summed E-state index contributed by atoms with van der Waals surface area (Å²) in [5.74, 6) is 1.83. The molecule has 1 aromatic rings.